The van der Waals surface area contributed by atoms with Crippen LogP contribution in [0.3, 0.4) is 0 Å². The van der Waals surface area contributed by atoms with Crippen molar-refractivity contribution in [3.05, 3.63) is 0 Å². The lowest BCUT2D eigenvalue weighted by molar-refractivity contribution is 0.0920. The van der Waals surface area contributed by atoms with Crippen LogP contribution in [0.2, 0.25) is 0 Å². The number of rotatable bonds is 2. The van der Waals surface area contributed by atoms with E-state index in [2.05, 4.69) is 38.0 Å². The minimum Gasteiger partial charge on any atom is -0.370 e. The number of nitrogens with two attached hydrogens (primary N) is 1. The molecule has 0 aromatic carbocycles. The Morgan fingerprint density at radius 3 is 2.12 bits per heavy atom. The van der Waals surface area contributed by atoms with E-state index in [1.807, 2.05) is 0 Å². The standard InChI is InChI=1S/C14H27N3/c1-13(2)7-11(8-14(3,4)9-13)17-12(15)16-10-5-6-10/h10-11H,5-9H2,1-4H3,(H3,15,16,17). The van der Waals surface area contributed by atoms with Crippen LogP contribution in [-0.4, -0.2) is 18.0 Å². The third-order valence-corrected chi connectivity index (χ3v) is 3.78. The van der Waals surface area contributed by atoms with E-state index in [0.29, 0.717) is 28.9 Å². The van der Waals surface area contributed by atoms with Gasteiger partial charge in [-0.15, -0.1) is 0 Å². The van der Waals surface area contributed by atoms with Gasteiger partial charge in [0.1, 0.15) is 0 Å². The van der Waals surface area contributed by atoms with Crippen LogP contribution in [-0.2, 0) is 0 Å². The van der Waals surface area contributed by atoms with Crippen LogP contribution in [0.25, 0.3) is 0 Å². The van der Waals surface area contributed by atoms with Crippen molar-refractivity contribution in [1.29, 1.82) is 0 Å². The zero-order chi connectivity index (χ0) is 12.7. The highest BCUT2D eigenvalue weighted by atomic mass is 15.1. The second-order valence-corrected chi connectivity index (χ2v) is 7.50. The summed E-state index contributed by atoms with van der Waals surface area (Å²) < 4.78 is 0. The highest BCUT2D eigenvalue weighted by molar-refractivity contribution is 5.78. The molecule has 2 fully saturated rings. The van der Waals surface area contributed by atoms with Crippen molar-refractivity contribution in [1.82, 2.24) is 5.32 Å². The Labute approximate surface area is 105 Å². The second-order valence-electron chi connectivity index (χ2n) is 7.50. The molecule has 0 saturated heterocycles. The van der Waals surface area contributed by atoms with Gasteiger partial charge in [0.25, 0.3) is 0 Å². The lowest BCUT2D eigenvalue weighted by Gasteiger charge is -2.45. The van der Waals surface area contributed by atoms with E-state index >= 15 is 0 Å². The molecule has 0 atom stereocenters. The summed E-state index contributed by atoms with van der Waals surface area (Å²) in [5.41, 5.74) is 6.77. The fourth-order valence-corrected chi connectivity index (χ4v) is 3.59. The zero-order valence-corrected chi connectivity index (χ0v) is 11.7. The highest BCUT2D eigenvalue weighted by Crippen LogP contribution is 2.45. The summed E-state index contributed by atoms with van der Waals surface area (Å²) in [6, 6.07) is 0.989. The average molecular weight is 237 g/mol. The van der Waals surface area contributed by atoms with Gasteiger partial charge in [0, 0.05) is 6.04 Å². The Balaban J connectivity index is 1.95. The second kappa shape index (κ2) is 4.18. The van der Waals surface area contributed by atoms with Crippen molar-refractivity contribution < 1.29 is 0 Å². The SMILES string of the molecule is CC1(C)CC(NC(N)=NC2CC2)CC(C)(C)C1. The number of aliphatic imine (C=N–C) groups is 1. The molecule has 2 aliphatic carbocycles. The molecule has 3 nitrogen and oxygen atoms in total. The Morgan fingerprint density at radius 1 is 1.12 bits per heavy atom. The first-order valence-electron chi connectivity index (χ1n) is 6.86. The molecule has 17 heavy (non-hydrogen) atoms. The highest BCUT2D eigenvalue weighted by Gasteiger charge is 2.38. The monoisotopic (exact) mass is 237 g/mol. The van der Waals surface area contributed by atoms with Gasteiger partial charge in [0.05, 0.1) is 6.04 Å². The quantitative estimate of drug-likeness (QED) is 0.573. The van der Waals surface area contributed by atoms with Crippen molar-refractivity contribution >= 4 is 5.96 Å². The maximum absolute atomic E-state index is 5.96. The van der Waals surface area contributed by atoms with Gasteiger partial charge in [0.15, 0.2) is 5.96 Å². The van der Waals surface area contributed by atoms with E-state index in [1.54, 1.807) is 0 Å². The van der Waals surface area contributed by atoms with Crippen molar-refractivity contribution in [3.8, 4) is 0 Å². The summed E-state index contributed by atoms with van der Waals surface area (Å²) in [7, 11) is 0. The predicted octanol–water partition coefficient (Wildman–Crippen LogP) is 2.66. The van der Waals surface area contributed by atoms with E-state index in [-0.39, 0.29) is 0 Å². The molecule has 3 heteroatoms. The number of nitrogens with one attached hydrogen (secondary N) is 1. The normalized spacial score (nSPS) is 29.1. The number of hydrogen-bond acceptors (Lipinski definition) is 1. The molecule has 3 N–H and O–H groups in total. The molecule has 98 valence electrons. The van der Waals surface area contributed by atoms with Crippen molar-refractivity contribution in [2.24, 2.45) is 21.6 Å². The Morgan fingerprint density at radius 2 is 1.65 bits per heavy atom. The Bertz CT molecular complexity index is 297. The predicted molar refractivity (Wildman–Crippen MR) is 73.0 cm³/mol. The summed E-state index contributed by atoms with van der Waals surface area (Å²) in [6.45, 7) is 9.43. The molecule has 0 aromatic rings. The average Bonchev–Trinajstić information content (AvgIpc) is 2.80. The van der Waals surface area contributed by atoms with Crippen LogP contribution in [0.4, 0.5) is 0 Å². The molecule has 0 bridgehead atoms. The molecule has 0 spiro atoms. The Kier molecular flexibility index (Phi) is 3.13. The van der Waals surface area contributed by atoms with E-state index in [9.17, 15) is 0 Å². The van der Waals surface area contributed by atoms with E-state index < -0.39 is 0 Å². The minimum absolute atomic E-state index is 0.402. The van der Waals surface area contributed by atoms with E-state index in [1.165, 1.54) is 32.1 Å². The van der Waals surface area contributed by atoms with Gasteiger partial charge in [-0.1, -0.05) is 27.7 Å². The van der Waals surface area contributed by atoms with Crippen LogP contribution in [0, 0.1) is 10.8 Å². The van der Waals surface area contributed by atoms with Crippen LogP contribution in [0.5, 0.6) is 0 Å². The lowest BCUT2D eigenvalue weighted by Crippen LogP contribution is -2.48. The first-order valence-corrected chi connectivity index (χ1v) is 6.86. The summed E-state index contributed by atoms with van der Waals surface area (Å²) in [5, 5.41) is 3.43. The molecular weight excluding hydrogens is 210 g/mol. The maximum Gasteiger partial charge on any atom is 0.189 e. The summed E-state index contributed by atoms with van der Waals surface area (Å²) in [5.74, 6) is 0.658. The molecule has 0 unspecified atom stereocenters. The molecule has 0 heterocycles. The fourth-order valence-electron chi connectivity index (χ4n) is 3.59. The molecular formula is C14H27N3. The van der Waals surface area contributed by atoms with Crippen LogP contribution >= 0.6 is 0 Å². The zero-order valence-electron chi connectivity index (χ0n) is 11.7. The van der Waals surface area contributed by atoms with Crippen molar-refractivity contribution in [3.63, 3.8) is 0 Å². The largest absolute Gasteiger partial charge is 0.370 e. The molecule has 0 aromatic heterocycles. The molecule has 0 amide bonds. The van der Waals surface area contributed by atoms with Crippen molar-refractivity contribution in [2.45, 2.75) is 71.9 Å². The first kappa shape index (κ1) is 12.7. The third kappa shape index (κ3) is 3.90. The molecule has 0 aliphatic heterocycles. The molecule has 0 radical (unpaired) electrons. The van der Waals surface area contributed by atoms with Gasteiger partial charge in [-0.25, -0.2) is 0 Å². The fraction of sp³-hybridized carbons (Fsp3) is 0.929. The van der Waals surface area contributed by atoms with E-state index in [0.717, 1.165) is 0 Å². The van der Waals surface area contributed by atoms with Gasteiger partial charge in [0.2, 0.25) is 0 Å². The number of guanidine groups is 1. The summed E-state index contributed by atoms with van der Waals surface area (Å²) in [6.07, 6.45) is 6.10. The number of nitrogens with zero attached hydrogens (tertiary/aromatic N) is 1. The molecule has 2 saturated carbocycles. The van der Waals surface area contributed by atoms with Gasteiger partial charge in [-0.05, 0) is 42.9 Å². The Hall–Kier alpha value is -0.730. The molecule has 2 aliphatic rings. The topological polar surface area (TPSA) is 50.4 Å². The lowest BCUT2D eigenvalue weighted by atomic mass is 9.63. The molecule has 2 rings (SSSR count). The van der Waals surface area contributed by atoms with E-state index in [4.69, 9.17) is 5.73 Å². The van der Waals surface area contributed by atoms with Crippen LogP contribution in [0.15, 0.2) is 4.99 Å². The summed E-state index contributed by atoms with van der Waals surface area (Å²) in [4.78, 5) is 4.46. The number of hydrogen-bond donors (Lipinski definition) is 2. The minimum atomic E-state index is 0.402. The smallest absolute Gasteiger partial charge is 0.189 e. The summed E-state index contributed by atoms with van der Waals surface area (Å²) >= 11 is 0. The van der Waals surface area contributed by atoms with Gasteiger partial charge < -0.3 is 11.1 Å². The van der Waals surface area contributed by atoms with Gasteiger partial charge >= 0.3 is 0 Å². The van der Waals surface area contributed by atoms with Crippen LogP contribution in [0.1, 0.15) is 59.8 Å². The first-order chi connectivity index (χ1) is 7.76. The van der Waals surface area contributed by atoms with Gasteiger partial charge in [-0.3, -0.25) is 4.99 Å². The third-order valence-electron chi connectivity index (χ3n) is 3.78. The van der Waals surface area contributed by atoms with Crippen LogP contribution < -0.4 is 11.1 Å². The van der Waals surface area contributed by atoms with Gasteiger partial charge in [-0.2, -0.15) is 0 Å². The van der Waals surface area contributed by atoms with Crippen molar-refractivity contribution in [2.75, 3.05) is 0 Å². The maximum atomic E-state index is 5.96.